The van der Waals surface area contributed by atoms with E-state index in [9.17, 15) is 0 Å². The van der Waals surface area contributed by atoms with Gasteiger partial charge in [0.15, 0.2) is 5.96 Å². The molecule has 0 saturated carbocycles. The van der Waals surface area contributed by atoms with Gasteiger partial charge in [0.1, 0.15) is 0 Å². The van der Waals surface area contributed by atoms with E-state index in [4.69, 9.17) is 9.73 Å². The first kappa shape index (κ1) is 24.0. The third-order valence-electron chi connectivity index (χ3n) is 5.89. The summed E-state index contributed by atoms with van der Waals surface area (Å²) in [5.41, 5.74) is 1.37. The van der Waals surface area contributed by atoms with Crippen LogP contribution < -0.4 is 5.32 Å². The van der Waals surface area contributed by atoms with Gasteiger partial charge < -0.3 is 15.0 Å². The molecular formula is C23H35IN6O. The Morgan fingerprint density at radius 3 is 2.84 bits per heavy atom. The van der Waals surface area contributed by atoms with E-state index in [0.717, 1.165) is 58.4 Å². The SMILES string of the molecule is CCNC(=NCC(C)Cn1cccn1)N1CC2OCCN(Cc3ccccc3)C2C1.I. The number of morpholine rings is 1. The number of aliphatic imine (C=N–C) groups is 1. The largest absolute Gasteiger partial charge is 0.373 e. The maximum absolute atomic E-state index is 6.15. The Hall–Kier alpha value is -1.65. The Balaban J connectivity index is 0.00000272. The van der Waals surface area contributed by atoms with Gasteiger partial charge in [-0.3, -0.25) is 14.6 Å². The van der Waals surface area contributed by atoms with Crippen molar-refractivity contribution in [3.05, 3.63) is 54.4 Å². The molecule has 170 valence electrons. The summed E-state index contributed by atoms with van der Waals surface area (Å²) in [5.74, 6) is 1.43. The molecule has 1 aromatic carbocycles. The molecule has 0 spiro atoms. The topological polar surface area (TPSA) is 57.9 Å². The maximum atomic E-state index is 6.15. The van der Waals surface area contributed by atoms with Crippen LogP contribution in [0.2, 0.25) is 0 Å². The van der Waals surface area contributed by atoms with Crippen LogP contribution in [-0.4, -0.2) is 77.0 Å². The number of hydrogen-bond donors (Lipinski definition) is 1. The third kappa shape index (κ3) is 6.43. The lowest BCUT2D eigenvalue weighted by Crippen LogP contribution is -2.50. The minimum absolute atomic E-state index is 0. The zero-order chi connectivity index (χ0) is 20.8. The molecule has 0 radical (unpaired) electrons. The number of halogens is 1. The predicted octanol–water partition coefficient (Wildman–Crippen LogP) is 2.69. The highest BCUT2D eigenvalue weighted by atomic mass is 127. The van der Waals surface area contributed by atoms with Crippen molar-refractivity contribution in [2.24, 2.45) is 10.9 Å². The molecule has 2 saturated heterocycles. The first-order valence-corrected chi connectivity index (χ1v) is 11.1. The minimum Gasteiger partial charge on any atom is -0.373 e. The number of nitrogens with one attached hydrogen (secondary N) is 1. The lowest BCUT2D eigenvalue weighted by atomic mass is 10.1. The molecule has 7 nitrogen and oxygen atoms in total. The van der Waals surface area contributed by atoms with Crippen LogP contribution in [-0.2, 0) is 17.8 Å². The summed E-state index contributed by atoms with van der Waals surface area (Å²) < 4.78 is 8.13. The van der Waals surface area contributed by atoms with Gasteiger partial charge in [-0.15, -0.1) is 24.0 Å². The average molecular weight is 538 g/mol. The Bertz CT molecular complexity index is 800. The number of fused-ring (bicyclic) bond motifs is 1. The summed E-state index contributed by atoms with van der Waals surface area (Å²) in [4.78, 5) is 9.91. The molecule has 2 aliphatic rings. The molecule has 2 aliphatic heterocycles. The van der Waals surface area contributed by atoms with Crippen molar-refractivity contribution in [3.63, 3.8) is 0 Å². The highest BCUT2D eigenvalue weighted by Crippen LogP contribution is 2.24. The van der Waals surface area contributed by atoms with Crippen LogP contribution in [0.3, 0.4) is 0 Å². The van der Waals surface area contributed by atoms with Crippen LogP contribution in [0.4, 0.5) is 0 Å². The molecule has 8 heteroatoms. The molecule has 2 fully saturated rings. The highest BCUT2D eigenvalue weighted by molar-refractivity contribution is 14.0. The monoisotopic (exact) mass is 538 g/mol. The molecule has 3 heterocycles. The lowest BCUT2D eigenvalue weighted by molar-refractivity contribution is -0.0502. The highest BCUT2D eigenvalue weighted by Gasteiger charge is 2.41. The van der Waals surface area contributed by atoms with Gasteiger partial charge in [-0.25, -0.2) is 0 Å². The summed E-state index contributed by atoms with van der Waals surface area (Å²) in [6.45, 7) is 11.5. The summed E-state index contributed by atoms with van der Waals surface area (Å²) in [6, 6.07) is 13.1. The zero-order valence-corrected chi connectivity index (χ0v) is 20.9. The van der Waals surface area contributed by atoms with Crippen molar-refractivity contribution < 1.29 is 4.74 Å². The normalized spacial score (nSPS) is 22.6. The van der Waals surface area contributed by atoms with E-state index in [1.54, 1.807) is 0 Å². The van der Waals surface area contributed by atoms with Crippen molar-refractivity contribution in [2.75, 3.05) is 39.3 Å². The van der Waals surface area contributed by atoms with Crippen LogP contribution in [0, 0.1) is 5.92 Å². The second-order valence-corrected chi connectivity index (χ2v) is 8.37. The minimum atomic E-state index is 0. The lowest BCUT2D eigenvalue weighted by Gasteiger charge is -2.36. The van der Waals surface area contributed by atoms with E-state index in [1.807, 2.05) is 23.1 Å². The van der Waals surface area contributed by atoms with Gasteiger partial charge in [0.05, 0.1) is 18.8 Å². The Morgan fingerprint density at radius 1 is 1.26 bits per heavy atom. The van der Waals surface area contributed by atoms with Crippen LogP contribution in [0.1, 0.15) is 19.4 Å². The number of rotatable bonds is 7. The Labute approximate surface area is 202 Å². The van der Waals surface area contributed by atoms with Crippen molar-refractivity contribution >= 4 is 29.9 Å². The molecule has 3 unspecified atom stereocenters. The van der Waals surface area contributed by atoms with Gasteiger partial charge in [-0.2, -0.15) is 5.10 Å². The molecule has 0 bridgehead atoms. The number of hydrogen-bond acceptors (Lipinski definition) is 4. The summed E-state index contributed by atoms with van der Waals surface area (Å²) in [7, 11) is 0. The second-order valence-electron chi connectivity index (χ2n) is 8.37. The van der Waals surface area contributed by atoms with Gasteiger partial charge in [0.2, 0.25) is 0 Å². The number of ether oxygens (including phenoxy) is 1. The third-order valence-corrected chi connectivity index (χ3v) is 5.89. The number of nitrogens with zero attached hydrogens (tertiary/aromatic N) is 5. The predicted molar refractivity (Wildman–Crippen MR) is 135 cm³/mol. The number of benzene rings is 1. The van der Waals surface area contributed by atoms with Gasteiger partial charge in [-0.05, 0) is 24.5 Å². The molecular weight excluding hydrogens is 503 g/mol. The van der Waals surface area contributed by atoms with Gasteiger partial charge >= 0.3 is 0 Å². The fourth-order valence-electron chi connectivity index (χ4n) is 4.40. The van der Waals surface area contributed by atoms with E-state index < -0.39 is 0 Å². The number of likely N-dealkylation sites (tertiary alicyclic amines) is 1. The van der Waals surface area contributed by atoms with E-state index in [-0.39, 0.29) is 30.1 Å². The van der Waals surface area contributed by atoms with Gasteiger partial charge in [0.25, 0.3) is 0 Å². The smallest absolute Gasteiger partial charge is 0.194 e. The number of aromatic nitrogens is 2. The van der Waals surface area contributed by atoms with Crippen LogP contribution in [0.15, 0.2) is 53.8 Å². The molecule has 4 rings (SSSR count). The van der Waals surface area contributed by atoms with Gasteiger partial charge in [0, 0.05) is 58.2 Å². The fraction of sp³-hybridized carbons (Fsp3) is 0.565. The summed E-state index contributed by atoms with van der Waals surface area (Å²) >= 11 is 0. The zero-order valence-electron chi connectivity index (χ0n) is 18.6. The molecule has 1 aromatic heterocycles. The Kier molecular flexibility index (Phi) is 9.15. The van der Waals surface area contributed by atoms with Crippen molar-refractivity contribution in [1.29, 1.82) is 0 Å². The molecule has 2 aromatic rings. The summed E-state index contributed by atoms with van der Waals surface area (Å²) in [6.07, 6.45) is 4.08. The first-order chi connectivity index (χ1) is 14.7. The molecule has 3 atom stereocenters. The van der Waals surface area contributed by atoms with Crippen molar-refractivity contribution in [3.8, 4) is 0 Å². The van der Waals surface area contributed by atoms with E-state index in [2.05, 4.69) is 64.4 Å². The molecule has 0 aliphatic carbocycles. The van der Waals surface area contributed by atoms with Crippen LogP contribution in [0.5, 0.6) is 0 Å². The first-order valence-electron chi connectivity index (χ1n) is 11.1. The van der Waals surface area contributed by atoms with Crippen LogP contribution in [0.25, 0.3) is 0 Å². The molecule has 31 heavy (non-hydrogen) atoms. The fourth-order valence-corrected chi connectivity index (χ4v) is 4.40. The standard InChI is InChI=1S/C23H34N6O.HI/c1-3-24-23(25-14-19(2)15-29-11-7-10-26-29)28-17-21-22(18-28)30-13-12-27(21)16-20-8-5-4-6-9-20;/h4-11,19,21-22H,3,12-18H2,1-2H3,(H,24,25);1H. The van der Waals surface area contributed by atoms with E-state index >= 15 is 0 Å². The summed E-state index contributed by atoms with van der Waals surface area (Å²) in [5, 5.41) is 7.80. The van der Waals surface area contributed by atoms with Gasteiger partial charge in [-0.1, -0.05) is 37.3 Å². The molecule has 0 amide bonds. The Morgan fingerprint density at radius 2 is 2.10 bits per heavy atom. The van der Waals surface area contributed by atoms with Crippen LogP contribution >= 0.6 is 24.0 Å². The van der Waals surface area contributed by atoms with Crippen molar-refractivity contribution in [1.82, 2.24) is 24.9 Å². The maximum Gasteiger partial charge on any atom is 0.194 e. The quantitative estimate of drug-likeness (QED) is 0.334. The second kappa shape index (κ2) is 11.8. The van der Waals surface area contributed by atoms with E-state index in [0.29, 0.717) is 12.0 Å². The van der Waals surface area contributed by atoms with Crippen molar-refractivity contribution in [2.45, 2.75) is 39.1 Å². The average Bonchev–Trinajstić information content (AvgIpc) is 3.42. The van der Waals surface area contributed by atoms with E-state index in [1.165, 1.54) is 5.56 Å². The molecule has 1 N–H and O–H groups in total. The number of guanidine groups is 1.